The molecule has 6 heteroatoms. The van der Waals surface area contributed by atoms with Crippen molar-refractivity contribution in [1.82, 2.24) is 14.0 Å². The number of amides is 1. The van der Waals surface area contributed by atoms with E-state index in [-0.39, 0.29) is 12.5 Å². The van der Waals surface area contributed by atoms with Crippen molar-refractivity contribution in [3.05, 3.63) is 96.1 Å². The van der Waals surface area contributed by atoms with Gasteiger partial charge in [0.15, 0.2) is 0 Å². The van der Waals surface area contributed by atoms with Gasteiger partial charge in [0.2, 0.25) is 0 Å². The Kier molecular flexibility index (Phi) is 4.67. The zero-order chi connectivity index (χ0) is 21.4. The summed E-state index contributed by atoms with van der Waals surface area (Å²) in [5, 5.41) is 4.03. The fourth-order valence-electron chi connectivity index (χ4n) is 3.81. The van der Waals surface area contributed by atoms with Crippen LogP contribution < -0.4 is 10.1 Å². The minimum atomic E-state index is -0.210. The number of hydrogen-bond acceptors (Lipinski definition) is 3. The van der Waals surface area contributed by atoms with Gasteiger partial charge in [0.05, 0.1) is 16.9 Å². The molecule has 1 N–H and O–H groups in total. The number of aromatic nitrogens is 3. The lowest BCUT2D eigenvalue weighted by atomic mass is 10.1. The largest absolute Gasteiger partial charge is 0.486 e. The molecule has 3 heterocycles. The SMILES string of the molecule is Cc1cccn2cc(COc3ccccc3C(=O)Nc3cccc4c3ccn4C)nc12. The van der Waals surface area contributed by atoms with E-state index in [1.807, 2.05) is 90.1 Å². The van der Waals surface area contributed by atoms with Crippen LogP contribution in [0, 0.1) is 6.92 Å². The van der Waals surface area contributed by atoms with Gasteiger partial charge in [0.1, 0.15) is 18.0 Å². The van der Waals surface area contributed by atoms with Gasteiger partial charge in [-0.25, -0.2) is 4.98 Å². The second-order valence-corrected chi connectivity index (χ2v) is 7.56. The fraction of sp³-hybridized carbons (Fsp3) is 0.120. The summed E-state index contributed by atoms with van der Waals surface area (Å²) in [5.74, 6) is 0.312. The second-order valence-electron chi connectivity index (χ2n) is 7.56. The average Bonchev–Trinajstić information content (AvgIpc) is 3.37. The molecular formula is C25H22N4O2. The van der Waals surface area contributed by atoms with Gasteiger partial charge in [-0.15, -0.1) is 0 Å². The molecule has 0 fully saturated rings. The standard InChI is InChI=1S/C25H22N4O2/c1-17-7-6-13-29-15-18(26-24(17)29)16-31-23-11-4-3-8-20(23)25(30)27-21-9-5-10-22-19(21)12-14-28(22)2/h3-15H,16H2,1-2H3,(H,27,30). The first-order chi connectivity index (χ1) is 15.1. The third kappa shape index (κ3) is 3.53. The van der Waals surface area contributed by atoms with Gasteiger partial charge in [-0.1, -0.05) is 24.3 Å². The van der Waals surface area contributed by atoms with Crippen LogP contribution in [0.1, 0.15) is 21.6 Å². The Balaban J connectivity index is 1.38. The van der Waals surface area contributed by atoms with Crippen LogP contribution in [0.3, 0.4) is 0 Å². The average molecular weight is 410 g/mol. The predicted molar refractivity (Wildman–Crippen MR) is 122 cm³/mol. The fourth-order valence-corrected chi connectivity index (χ4v) is 3.81. The summed E-state index contributed by atoms with van der Waals surface area (Å²) in [7, 11) is 1.98. The van der Waals surface area contributed by atoms with Crippen LogP contribution in [0.2, 0.25) is 0 Å². The molecule has 0 unspecified atom stereocenters. The Morgan fingerprint density at radius 1 is 1.03 bits per heavy atom. The molecule has 0 aliphatic carbocycles. The Morgan fingerprint density at radius 3 is 2.77 bits per heavy atom. The first-order valence-corrected chi connectivity index (χ1v) is 10.1. The molecule has 6 nitrogen and oxygen atoms in total. The molecule has 0 aliphatic rings. The summed E-state index contributed by atoms with van der Waals surface area (Å²) >= 11 is 0. The quantitative estimate of drug-likeness (QED) is 0.445. The number of nitrogens with one attached hydrogen (secondary N) is 1. The van der Waals surface area contributed by atoms with E-state index in [0.717, 1.165) is 33.5 Å². The third-order valence-corrected chi connectivity index (χ3v) is 5.41. The molecule has 2 aromatic carbocycles. The van der Waals surface area contributed by atoms with Gasteiger partial charge in [-0.05, 0) is 48.9 Å². The number of benzene rings is 2. The van der Waals surface area contributed by atoms with Crippen LogP contribution >= 0.6 is 0 Å². The van der Waals surface area contributed by atoms with Crippen LogP contribution in [0.15, 0.2) is 79.3 Å². The van der Waals surface area contributed by atoms with E-state index in [0.29, 0.717) is 11.3 Å². The molecule has 0 radical (unpaired) electrons. The Hall–Kier alpha value is -4.06. The van der Waals surface area contributed by atoms with E-state index in [1.54, 1.807) is 12.1 Å². The minimum Gasteiger partial charge on any atom is -0.486 e. The number of pyridine rings is 1. The second kappa shape index (κ2) is 7.65. The number of ether oxygens (including phenoxy) is 1. The lowest BCUT2D eigenvalue weighted by Crippen LogP contribution is -2.14. The first kappa shape index (κ1) is 18.9. The van der Waals surface area contributed by atoms with Crippen molar-refractivity contribution < 1.29 is 9.53 Å². The number of para-hydroxylation sites is 1. The predicted octanol–water partition coefficient (Wildman–Crippen LogP) is 4.97. The number of carbonyl (C=O) groups excluding carboxylic acids is 1. The minimum absolute atomic E-state index is 0.210. The molecule has 31 heavy (non-hydrogen) atoms. The number of fused-ring (bicyclic) bond motifs is 2. The highest BCUT2D eigenvalue weighted by atomic mass is 16.5. The van der Waals surface area contributed by atoms with Gasteiger partial charge in [0, 0.05) is 36.5 Å². The molecule has 1 amide bonds. The number of hydrogen-bond donors (Lipinski definition) is 1. The number of imidazole rings is 1. The van der Waals surface area contributed by atoms with Crippen molar-refractivity contribution >= 4 is 28.1 Å². The van der Waals surface area contributed by atoms with Crippen molar-refractivity contribution in [2.24, 2.45) is 7.05 Å². The third-order valence-electron chi connectivity index (χ3n) is 5.41. The van der Waals surface area contributed by atoms with Crippen molar-refractivity contribution in [2.75, 3.05) is 5.32 Å². The van der Waals surface area contributed by atoms with Crippen LogP contribution in [0.5, 0.6) is 5.75 Å². The summed E-state index contributed by atoms with van der Waals surface area (Å²) in [4.78, 5) is 17.7. The molecule has 0 spiro atoms. The molecule has 0 saturated carbocycles. The van der Waals surface area contributed by atoms with Gasteiger partial charge < -0.3 is 19.0 Å². The summed E-state index contributed by atoms with van der Waals surface area (Å²) in [6, 6.07) is 19.1. The Morgan fingerprint density at radius 2 is 1.90 bits per heavy atom. The highest BCUT2D eigenvalue weighted by Gasteiger charge is 2.15. The number of aryl methyl sites for hydroxylation is 2. The lowest BCUT2D eigenvalue weighted by Gasteiger charge is -2.12. The van der Waals surface area contributed by atoms with Crippen molar-refractivity contribution in [2.45, 2.75) is 13.5 Å². The van der Waals surface area contributed by atoms with E-state index < -0.39 is 0 Å². The summed E-state index contributed by atoms with van der Waals surface area (Å²) in [6.07, 6.45) is 5.89. The van der Waals surface area contributed by atoms with Crippen LogP contribution in [-0.2, 0) is 13.7 Å². The molecule has 0 atom stereocenters. The van der Waals surface area contributed by atoms with Crippen molar-refractivity contribution in [3.8, 4) is 5.75 Å². The molecule has 154 valence electrons. The molecule has 0 saturated heterocycles. The van der Waals surface area contributed by atoms with E-state index in [4.69, 9.17) is 4.74 Å². The highest BCUT2D eigenvalue weighted by Crippen LogP contribution is 2.26. The van der Waals surface area contributed by atoms with Crippen molar-refractivity contribution in [3.63, 3.8) is 0 Å². The lowest BCUT2D eigenvalue weighted by molar-refractivity contribution is 0.102. The van der Waals surface area contributed by atoms with Crippen LogP contribution in [0.25, 0.3) is 16.6 Å². The van der Waals surface area contributed by atoms with Gasteiger partial charge in [-0.3, -0.25) is 4.79 Å². The Labute approximate surface area is 179 Å². The van der Waals surface area contributed by atoms with Crippen molar-refractivity contribution in [1.29, 1.82) is 0 Å². The maximum atomic E-state index is 13.1. The van der Waals surface area contributed by atoms with Crippen LogP contribution in [-0.4, -0.2) is 19.9 Å². The zero-order valence-corrected chi connectivity index (χ0v) is 17.4. The Bertz CT molecular complexity index is 1410. The van der Waals surface area contributed by atoms with Gasteiger partial charge in [0.25, 0.3) is 5.91 Å². The molecule has 0 bridgehead atoms. The topological polar surface area (TPSA) is 60.6 Å². The van der Waals surface area contributed by atoms with Gasteiger partial charge in [-0.2, -0.15) is 0 Å². The number of rotatable bonds is 5. The maximum absolute atomic E-state index is 13.1. The highest BCUT2D eigenvalue weighted by molar-refractivity contribution is 6.10. The normalized spacial score (nSPS) is 11.2. The van der Waals surface area contributed by atoms with Crippen LogP contribution in [0.4, 0.5) is 5.69 Å². The van der Waals surface area contributed by atoms with E-state index >= 15 is 0 Å². The monoisotopic (exact) mass is 410 g/mol. The van der Waals surface area contributed by atoms with E-state index in [9.17, 15) is 4.79 Å². The van der Waals surface area contributed by atoms with Gasteiger partial charge >= 0.3 is 0 Å². The molecule has 5 rings (SSSR count). The molecule has 3 aromatic heterocycles. The summed E-state index contributed by atoms with van der Waals surface area (Å²) in [5.41, 5.74) is 5.12. The number of nitrogens with zero attached hydrogens (tertiary/aromatic N) is 3. The number of carbonyl (C=O) groups is 1. The molecule has 5 aromatic rings. The maximum Gasteiger partial charge on any atom is 0.259 e. The summed E-state index contributed by atoms with van der Waals surface area (Å²) in [6.45, 7) is 2.31. The van der Waals surface area contributed by atoms with E-state index in [1.165, 1.54) is 0 Å². The first-order valence-electron chi connectivity index (χ1n) is 10.1. The zero-order valence-electron chi connectivity index (χ0n) is 17.4. The number of anilines is 1. The summed E-state index contributed by atoms with van der Waals surface area (Å²) < 4.78 is 10.0. The molecular weight excluding hydrogens is 388 g/mol. The van der Waals surface area contributed by atoms with E-state index in [2.05, 4.69) is 10.3 Å². The molecule has 0 aliphatic heterocycles. The smallest absolute Gasteiger partial charge is 0.259 e.